The van der Waals surface area contributed by atoms with Gasteiger partial charge in [0.25, 0.3) is 5.56 Å². The van der Waals surface area contributed by atoms with Crippen molar-refractivity contribution in [3.8, 4) is 0 Å². The second-order valence-corrected chi connectivity index (χ2v) is 7.05. The first-order valence-electron chi connectivity index (χ1n) is 9.45. The molecule has 27 heavy (non-hydrogen) atoms. The number of aromatic nitrogens is 3. The number of aryl methyl sites for hydroxylation is 1. The standard InChI is InChI=1S/C19H22N4O4/c1-2-27-18(26)11-5-4-8-23(10-11)19-21-16-15(17(25)22-19)12-6-3-7-14(24)13(12)9-20-16/h9,11H,2-8,10H2,1H3,(H,20,21,22,25). The number of carbonyl (C=O) groups excluding carboxylic acids is 2. The van der Waals surface area contributed by atoms with E-state index in [0.29, 0.717) is 55.1 Å². The fourth-order valence-corrected chi connectivity index (χ4v) is 3.99. The number of fused-ring (bicyclic) bond motifs is 3. The molecule has 0 spiro atoms. The molecule has 8 nitrogen and oxygen atoms in total. The van der Waals surface area contributed by atoms with E-state index in [9.17, 15) is 14.4 Å². The van der Waals surface area contributed by atoms with Crippen molar-refractivity contribution in [3.05, 3.63) is 27.7 Å². The fraction of sp³-hybridized carbons (Fsp3) is 0.526. The number of hydrogen-bond donors (Lipinski definition) is 1. The van der Waals surface area contributed by atoms with E-state index in [-0.39, 0.29) is 23.2 Å². The molecule has 1 atom stereocenters. The normalized spacial score (nSPS) is 19.8. The van der Waals surface area contributed by atoms with Crippen molar-refractivity contribution in [2.75, 3.05) is 24.6 Å². The zero-order chi connectivity index (χ0) is 19.0. The van der Waals surface area contributed by atoms with E-state index in [4.69, 9.17) is 4.74 Å². The van der Waals surface area contributed by atoms with Crippen molar-refractivity contribution < 1.29 is 14.3 Å². The molecule has 8 heteroatoms. The third-order valence-electron chi connectivity index (χ3n) is 5.30. The maximum atomic E-state index is 12.8. The summed E-state index contributed by atoms with van der Waals surface area (Å²) >= 11 is 0. The van der Waals surface area contributed by atoms with Crippen molar-refractivity contribution in [2.45, 2.75) is 39.0 Å². The molecule has 1 saturated heterocycles. The summed E-state index contributed by atoms with van der Waals surface area (Å²) in [6.45, 7) is 3.30. The maximum Gasteiger partial charge on any atom is 0.310 e. The Balaban J connectivity index is 1.70. The third-order valence-corrected chi connectivity index (χ3v) is 5.30. The second-order valence-electron chi connectivity index (χ2n) is 7.05. The monoisotopic (exact) mass is 370 g/mol. The largest absolute Gasteiger partial charge is 0.466 e. The van der Waals surface area contributed by atoms with E-state index >= 15 is 0 Å². The van der Waals surface area contributed by atoms with Gasteiger partial charge in [-0.05, 0) is 38.2 Å². The Kier molecular flexibility index (Phi) is 4.63. The molecule has 1 fully saturated rings. The first-order chi connectivity index (χ1) is 13.1. The summed E-state index contributed by atoms with van der Waals surface area (Å²) in [7, 11) is 0. The lowest BCUT2D eigenvalue weighted by atomic mass is 9.90. The number of nitrogens with one attached hydrogen (secondary N) is 1. The Hall–Kier alpha value is -2.77. The number of nitrogens with zero attached hydrogens (tertiary/aromatic N) is 3. The van der Waals surface area contributed by atoms with Crippen LogP contribution in [0.4, 0.5) is 5.95 Å². The number of ketones is 1. The first kappa shape index (κ1) is 17.6. The molecule has 2 aliphatic rings. The zero-order valence-electron chi connectivity index (χ0n) is 15.3. The Morgan fingerprint density at radius 3 is 3.00 bits per heavy atom. The zero-order valence-corrected chi connectivity index (χ0v) is 15.3. The summed E-state index contributed by atoms with van der Waals surface area (Å²) < 4.78 is 5.13. The van der Waals surface area contributed by atoms with Crippen LogP contribution in [0.2, 0.25) is 0 Å². The smallest absolute Gasteiger partial charge is 0.310 e. The summed E-state index contributed by atoms with van der Waals surface area (Å²) in [6, 6.07) is 0. The van der Waals surface area contributed by atoms with Crippen LogP contribution in [0.1, 0.15) is 48.5 Å². The molecule has 0 aromatic carbocycles. The van der Waals surface area contributed by atoms with Gasteiger partial charge in [0.1, 0.15) is 0 Å². The summed E-state index contributed by atoms with van der Waals surface area (Å²) in [5, 5.41) is 0.406. The minimum absolute atomic E-state index is 0.0300. The Bertz CT molecular complexity index is 968. The van der Waals surface area contributed by atoms with Gasteiger partial charge in [-0.3, -0.25) is 19.4 Å². The molecule has 2 aromatic heterocycles. The van der Waals surface area contributed by atoms with Gasteiger partial charge in [0, 0.05) is 31.3 Å². The molecule has 1 aliphatic carbocycles. The van der Waals surface area contributed by atoms with Gasteiger partial charge in [0.2, 0.25) is 5.95 Å². The predicted molar refractivity (Wildman–Crippen MR) is 99.0 cm³/mol. The second kappa shape index (κ2) is 7.09. The van der Waals surface area contributed by atoms with Crippen molar-refractivity contribution >= 4 is 28.7 Å². The maximum absolute atomic E-state index is 12.8. The molecule has 0 amide bonds. The Morgan fingerprint density at radius 1 is 1.33 bits per heavy atom. The minimum atomic E-state index is -0.285. The van der Waals surface area contributed by atoms with Crippen LogP contribution in [0.15, 0.2) is 11.0 Å². The van der Waals surface area contributed by atoms with Crippen molar-refractivity contribution in [2.24, 2.45) is 5.92 Å². The molecule has 0 bridgehead atoms. The van der Waals surface area contributed by atoms with Gasteiger partial charge in [-0.2, -0.15) is 4.98 Å². The average Bonchev–Trinajstić information content (AvgIpc) is 2.68. The number of ether oxygens (including phenoxy) is 1. The van der Waals surface area contributed by atoms with Gasteiger partial charge in [-0.15, -0.1) is 0 Å². The predicted octanol–water partition coefficient (Wildman–Crippen LogP) is 1.62. The SMILES string of the molecule is CCOC(=O)C1CCCN(c2nc3ncc4c(c3c(=O)[nH]2)CCCC4=O)C1. The lowest BCUT2D eigenvalue weighted by Crippen LogP contribution is -2.41. The molecule has 2 aromatic rings. The molecule has 1 unspecified atom stereocenters. The van der Waals surface area contributed by atoms with Gasteiger partial charge in [0.05, 0.1) is 17.9 Å². The number of hydrogen-bond acceptors (Lipinski definition) is 7. The first-order valence-corrected chi connectivity index (χ1v) is 9.45. The highest BCUT2D eigenvalue weighted by Crippen LogP contribution is 2.26. The molecule has 1 aliphatic heterocycles. The van der Waals surface area contributed by atoms with E-state index in [0.717, 1.165) is 24.8 Å². The van der Waals surface area contributed by atoms with Gasteiger partial charge in [-0.1, -0.05) is 0 Å². The van der Waals surface area contributed by atoms with E-state index in [1.807, 2.05) is 4.90 Å². The van der Waals surface area contributed by atoms with E-state index in [1.54, 1.807) is 6.92 Å². The molecule has 1 N–H and O–H groups in total. The van der Waals surface area contributed by atoms with Crippen molar-refractivity contribution in [3.63, 3.8) is 0 Å². The van der Waals surface area contributed by atoms with Crippen LogP contribution in [0, 0.1) is 5.92 Å². The van der Waals surface area contributed by atoms with Gasteiger partial charge in [-0.25, -0.2) is 4.98 Å². The van der Waals surface area contributed by atoms with Crippen LogP contribution in [0.25, 0.3) is 11.0 Å². The summed E-state index contributed by atoms with van der Waals surface area (Å²) in [5.74, 6) is 0.00313. The minimum Gasteiger partial charge on any atom is -0.466 e. The van der Waals surface area contributed by atoms with E-state index in [2.05, 4.69) is 15.0 Å². The number of piperidine rings is 1. The van der Waals surface area contributed by atoms with Gasteiger partial charge < -0.3 is 9.64 Å². The molecule has 142 valence electrons. The van der Waals surface area contributed by atoms with Gasteiger partial charge in [0.15, 0.2) is 11.4 Å². The van der Waals surface area contributed by atoms with Crippen molar-refractivity contribution in [1.29, 1.82) is 0 Å². The van der Waals surface area contributed by atoms with Gasteiger partial charge >= 0.3 is 5.97 Å². The van der Waals surface area contributed by atoms with Crippen LogP contribution >= 0.6 is 0 Å². The molecule has 0 radical (unpaired) electrons. The average molecular weight is 370 g/mol. The number of H-pyrrole nitrogens is 1. The molecule has 4 rings (SSSR count). The summed E-state index contributed by atoms with van der Waals surface area (Å²) in [4.78, 5) is 50.5. The van der Waals surface area contributed by atoms with Crippen LogP contribution in [0.3, 0.4) is 0 Å². The van der Waals surface area contributed by atoms with E-state index < -0.39 is 0 Å². The summed E-state index contributed by atoms with van der Waals surface area (Å²) in [6.07, 6.45) is 5.02. The van der Waals surface area contributed by atoms with Crippen LogP contribution < -0.4 is 10.5 Å². The van der Waals surface area contributed by atoms with Crippen LogP contribution in [0.5, 0.6) is 0 Å². The third kappa shape index (κ3) is 3.20. The molecular formula is C19H22N4O4. The fourth-order valence-electron chi connectivity index (χ4n) is 3.99. The topological polar surface area (TPSA) is 105 Å². The lowest BCUT2D eigenvalue weighted by molar-refractivity contribution is -0.148. The number of aromatic amines is 1. The summed E-state index contributed by atoms with van der Waals surface area (Å²) in [5.41, 5.74) is 1.35. The van der Waals surface area contributed by atoms with E-state index in [1.165, 1.54) is 6.20 Å². The highest BCUT2D eigenvalue weighted by molar-refractivity contribution is 6.02. The Labute approximate surface area is 155 Å². The van der Waals surface area contributed by atoms with Crippen LogP contribution in [-0.4, -0.2) is 46.4 Å². The number of esters is 1. The number of Topliss-reactive ketones (excluding diaryl/α,β-unsaturated/α-hetero) is 1. The number of rotatable bonds is 3. The highest BCUT2D eigenvalue weighted by atomic mass is 16.5. The van der Waals surface area contributed by atoms with Crippen molar-refractivity contribution in [1.82, 2.24) is 15.0 Å². The highest BCUT2D eigenvalue weighted by Gasteiger charge is 2.29. The Morgan fingerprint density at radius 2 is 2.19 bits per heavy atom. The molecule has 0 saturated carbocycles. The van der Waals surface area contributed by atoms with Crippen LogP contribution in [-0.2, 0) is 16.0 Å². The lowest BCUT2D eigenvalue weighted by Gasteiger charge is -2.31. The number of anilines is 1. The number of carbonyl (C=O) groups is 2. The molecular weight excluding hydrogens is 348 g/mol. The number of pyridine rings is 1. The quantitative estimate of drug-likeness (QED) is 0.818. The molecule has 3 heterocycles.